The first-order chi connectivity index (χ1) is 12.5. The van der Waals surface area contributed by atoms with Crippen molar-refractivity contribution in [3.63, 3.8) is 0 Å². The fourth-order valence-electron chi connectivity index (χ4n) is 2.39. The fraction of sp³-hybridized carbons (Fsp3) is 1.00. The fourth-order valence-corrected chi connectivity index (χ4v) is 21.5. The SMILES string of the molecule is C[SiH](C)[N-][SiH](C)C.C[SiH](C)[N-][SiH](C)C.C[SiH](C)[N-][SiH](C)C.C[SiH](C)[N-][SiH](C)C.[Ti+4]. The van der Waals surface area contributed by atoms with E-state index >= 15 is 0 Å². The Morgan fingerprint density at radius 3 is 0.310 bits per heavy atom. The van der Waals surface area contributed by atoms with E-state index in [4.69, 9.17) is 0 Å². The van der Waals surface area contributed by atoms with Gasteiger partial charge in [0.1, 0.15) is 0 Å². The molecule has 0 atom stereocenters. The zero-order chi connectivity index (χ0) is 23.4. The van der Waals surface area contributed by atoms with Crippen molar-refractivity contribution >= 4 is 71.7 Å². The molecule has 0 heterocycles. The Bertz CT molecular complexity index is 218. The van der Waals surface area contributed by atoms with Crippen LogP contribution in [0.2, 0.25) is 105 Å². The third kappa shape index (κ3) is 72.5. The molecule has 0 fully saturated rings. The minimum Gasteiger partial charge on any atom is -0.672 e. The maximum absolute atomic E-state index is 4.56. The molecule has 0 aromatic carbocycles. The second-order valence-electron chi connectivity index (χ2n) is 9.35. The van der Waals surface area contributed by atoms with Gasteiger partial charge in [0.2, 0.25) is 0 Å². The van der Waals surface area contributed by atoms with Crippen LogP contribution in [0.5, 0.6) is 0 Å². The van der Waals surface area contributed by atoms with E-state index < -0.39 is 71.7 Å². The minimum absolute atomic E-state index is 0. The molecule has 0 aromatic rings. The summed E-state index contributed by atoms with van der Waals surface area (Å²) in [4.78, 5) is 0. The molecule has 176 valence electrons. The molecule has 0 radical (unpaired) electrons. The first kappa shape index (κ1) is 41.5. The molecule has 0 saturated heterocycles. The van der Waals surface area contributed by atoms with Crippen molar-refractivity contribution in [2.75, 3.05) is 0 Å². The van der Waals surface area contributed by atoms with Gasteiger partial charge < -0.3 is 18.6 Å². The van der Waals surface area contributed by atoms with Crippen LogP contribution >= 0.6 is 0 Å². The molecular formula is C16H56N4Si8Ti. The number of hydrogen-bond acceptors (Lipinski definition) is 0. The maximum Gasteiger partial charge on any atom is 4.00 e. The normalized spacial score (nSPS) is 10.8. The van der Waals surface area contributed by atoms with E-state index in [9.17, 15) is 0 Å². The summed E-state index contributed by atoms with van der Waals surface area (Å²) in [6, 6.07) is 0. The van der Waals surface area contributed by atoms with Crippen LogP contribution < -0.4 is 0 Å². The molecule has 13 heteroatoms. The van der Waals surface area contributed by atoms with Crippen LogP contribution in [0.3, 0.4) is 0 Å². The molecule has 0 unspecified atom stereocenters. The predicted molar refractivity (Wildman–Crippen MR) is 164 cm³/mol. The first-order valence-corrected chi connectivity index (χ1v) is 33.9. The van der Waals surface area contributed by atoms with Gasteiger partial charge in [-0.25, -0.2) is 0 Å². The molecule has 0 aromatic heterocycles. The van der Waals surface area contributed by atoms with Gasteiger partial charge in [0.25, 0.3) is 0 Å². The van der Waals surface area contributed by atoms with Crippen molar-refractivity contribution in [2.24, 2.45) is 0 Å². The summed E-state index contributed by atoms with van der Waals surface area (Å²) in [5.41, 5.74) is 0. The van der Waals surface area contributed by atoms with Gasteiger partial charge in [-0.15, -0.1) is 0 Å². The summed E-state index contributed by atoms with van der Waals surface area (Å²) >= 11 is 0. The summed E-state index contributed by atoms with van der Waals surface area (Å²) in [7, 11) is -4.33. The van der Waals surface area contributed by atoms with Crippen molar-refractivity contribution < 1.29 is 21.7 Å². The largest absolute Gasteiger partial charge is 4.00 e. The monoisotopic (exact) mass is 576 g/mol. The minimum atomic E-state index is -0.542. The van der Waals surface area contributed by atoms with Gasteiger partial charge in [0.05, 0.1) is 0 Å². The summed E-state index contributed by atoms with van der Waals surface area (Å²) in [6.45, 7) is 36.3. The van der Waals surface area contributed by atoms with Crippen LogP contribution in [0, 0.1) is 0 Å². The molecule has 0 N–H and O–H groups in total. The van der Waals surface area contributed by atoms with E-state index in [2.05, 4.69) is 123 Å². The molecule has 0 bridgehead atoms. The van der Waals surface area contributed by atoms with Crippen LogP contribution in [-0.4, -0.2) is 71.7 Å². The Labute approximate surface area is 215 Å². The zero-order valence-electron chi connectivity index (χ0n) is 22.9. The summed E-state index contributed by atoms with van der Waals surface area (Å²) < 4.78 is 18.2. The molecule has 0 aliphatic heterocycles. The average Bonchev–Trinajstić information content (AvgIpc) is 2.32. The Hall–Kier alpha value is 2.29. The van der Waals surface area contributed by atoms with E-state index in [1.165, 1.54) is 0 Å². The van der Waals surface area contributed by atoms with Crippen LogP contribution in [0.4, 0.5) is 0 Å². The van der Waals surface area contributed by atoms with Crippen molar-refractivity contribution in [2.45, 2.75) is 105 Å². The molecule has 4 nitrogen and oxygen atoms in total. The smallest absolute Gasteiger partial charge is 0.672 e. The van der Waals surface area contributed by atoms with Crippen molar-refractivity contribution in [3.8, 4) is 0 Å². The topological polar surface area (TPSA) is 56.4 Å². The zero-order valence-corrected chi connectivity index (χ0v) is 33.7. The molecule has 0 amide bonds. The molecule has 0 saturated carbocycles. The molecule has 0 spiro atoms. The Morgan fingerprint density at radius 2 is 0.310 bits per heavy atom. The van der Waals surface area contributed by atoms with E-state index in [0.29, 0.717) is 0 Å². The summed E-state index contributed by atoms with van der Waals surface area (Å²) in [5.74, 6) is 0. The molecule has 29 heavy (non-hydrogen) atoms. The van der Waals surface area contributed by atoms with Crippen molar-refractivity contribution in [1.29, 1.82) is 0 Å². The van der Waals surface area contributed by atoms with Crippen molar-refractivity contribution in [3.05, 3.63) is 18.6 Å². The van der Waals surface area contributed by atoms with Gasteiger partial charge in [-0.2, -0.15) is 0 Å². The van der Waals surface area contributed by atoms with E-state index in [1.54, 1.807) is 0 Å². The van der Waals surface area contributed by atoms with Gasteiger partial charge in [-0.3, -0.25) is 0 Å². The Morgan fingerprint density at radius 1 is 0.241 bits per heavy atom. The maximum atomic E-state index is 4.56. The van der Waals surface area contributed by atoms with Crippen LogP contribution in [0.15, 0.2) is 0 Å². The third-order valence-electron chi connectivity index (χ3n) is 2.39. The number of hydrogen-bond donors (Lipinski definition) is 0. The van der Waals surface area contributed by atoms with Crippen LogP contribution in [0.25, 0.3) is 18.6 Å². The van der Waals surface area contributed by atoms with Crippen LogP contribution in [-0.2, 0) is 21.7 Å². The summed E-state index contributed by atoms with van der Waals surface area (Å²) in [6.07, 6.45) is 0. The van der Waals surface area contributed by atoms with Crippen LogP contribution in [0.1, 0.15) is 0 Å². The van der Waals surface area contributed by atoms with Gasteiger partial charge in [-0.05, 0) is 0 Å². The van der Waals surface area contributed by atoms with E-state index in [1.807, 2.05) is 0 Å². The predicted octanol–water partition coefficient (Wildman–Crippen LogP) is 5.31. The Kier molecular flexibility index (Phi) is 40.6. The van der Waals surface area contributed by atoms with Crippen molar-refractivity contribution in [1.82, 2.24) is 0 Å². The first-order valence-electron chi connectivity index (χ1n) is 11.3. The second kappa shape index (κ2) is 28.3. The Balaban J connectivity index is -0.0000000873. The van der Waals surface area contributed by atoms with Gasteiger partial charge in [0, 0.05) is 0 Å². The van der Waals surface area contributed by atoms with Gasteiger partial charge in [-0.1, -0.05) is 176 Å². The quantitative estimate of drug-likeness (QED) is 0.352. The second-order valence-corrected chi connectivity index (χ2v) is 31.6. The van der Waals surface area contributed by atoms with E-state index in [0.717, 1.165) is 0 Å². The number of rotatable bonds is 8. The molecular weight excluding hydrogens is 521 g/mol. The van der Waals surface area contributed by atoms with Gasteiger partial charge in [0.15, 0.2) is 0 Å². The van der Waals surface area contributed by atoms with E-state index in [-0.39, 0.29) is 21.7 Å². The third-order valence-corrected chi connectivity index (χ3v) is 21.5. The molecule has 0 rings (SSSR count). The standard InChI is InChI=1S/4C4H14NSi2.Ti/c4*1-6(2)5-7(3)4;/h4*6-7H,1-4H3;/q4*-1;+4. The molecule has 0 aliphatic carbocycles. The number of nitrogens with zero attached hydrogens (tertiary/aromatic N) is 4. The average molecular weight is 577 g/mol. The van der Waals surface area contributed by atoms with Gasteiger partial charge >= 0.3 is 21.7 Å². The summed E-state index contributed by atoms with van der Waals surface area (Å²) in [5, 5.41) is 0. The molecule has 0 aliphatic rings.